The van der Waals surface area contributed by atoms with Gasteiger partial charge in [-0.15, -0.1) is 0 Å². The van der Waals surface area contributed by atoms with Crippen LogP contribution in [0.2, 0.25) is 5.02 Å². The van der Waals surface area contributed by atoms with Gasteiger partial charge in [0, 0.05) is 33.8 Å². The van der Waals surface area contributed by atoms with Crippen LogP contribution in [0.4, 0.5) is 5.69 Å². The Balaban J connectivity index is 1.78. The predicted octanol–water partition coefficient (Wildman–Crippen LogP) is 5.69. The summed E-state index contributed by atoms with van der Waals surface area (Å²) in [6, 6.07) is 20.8. The summed E-state index contributed by atoms with van der Waals surface area (Å²) in [6.07, 6.45) is 0. The third kappa shape index (κ3) is 5.86. The third-order valence-corrected chi connectivity index (χ3v) is 5.65. The SMILES string of the molecule is CC(=O)Nc1cc(C(=O)NCc2ccccc2Cl)ccc1Sc1ccc(C)cc1. The van der Waals surface area contributed by atoms with E-state index in [0.29, 0.717) is 22.8 Å². The molecule has 0 radical (unpaired) electrons. The molecule has 0 atom stereocenters. The Labute approximate surface area is 179 Å². The lowest BCUT2D eigenvalue weighted by atomic mass is 10.1. The summed E-state index contributed by atoms with van der Waals surface area (Å²) in [4.78, 5) is 26.2. The Morgan fingerprint density at radius 1 is 1.00 bits per heavy atom. The number of hydrogen-bond donors (Lipinski definition) is 2. The zero-order valence-electron chi connectivity index (χ0n) is 16.2. The molecule has 2 amide bonds. The molecule has 0 fully saturated rings. The monoisotopic (exact) mass is 424 g/mol. The highest BCUT2D eigenvalue weighted by atomic mass is 35.5. The molecule has 3 rings (SSSR count). The van der Waals surface area contributed by atoms with Gasteiger partial charge in [0.05, 0.1) is 5.69 Å². The van der Waals surface area contributed by atoms with Gasteiger partial charge in [-0.25, -0.2) is 0 Å². The highest BCUT2D eigenvalue weighted by Crippen LogP contribution is 2.34. The molecule has 148 valence electrons. The third-order valence-electron chi connectivity index (χ3n) is 4.20. The molecular formula is C23H21ClN2O2S. The maximum absolute atomic E-state index is 12.6. The molecule has 3 aromatic rings. The topological polar surface area (TPSA) is 58.2 Å². The minimum Gasteiger partial charge on any atom is -0.348 e. The number of carbonyl (C=O) groups is 2. The first-order valence-corrected chi connectivity index (χ1v) is 10.3. The molecule has 29 heavy (non-hydrogen) atoms. The van der Waals surface area contributed by atoms with Gasteiger partial charge in [-0.3, -0.25) is 9.59 Å². The molecule has 0 heterocycles. The van der Waals surface area contributed by atoms with Crippen molar-refractivity contribution in [3.8, 4) is 0 Å². The second kappa shape index (κ2) is 9.63. The smallest absolute Gasteiger partial charge is 0.251 e. The average Bonchev–Trinajstić information content (AvgIpc) is 2.69. The van der Waals surface area contributed by atoms with Gasteiger partial charge in [0.1, 0.15) is 0 Å². The Kier molecular flexibility index (Phi) is 6.96. The number of hydrogen-bond acceptors (Lipinski definition) is 3. The van der Waals surface area contributed by atoms with Gasteiger partial charge in [0.25, 0.3) is 5.91 Å². The standard InChI is InChI=1S/C23H21ClN2O2S/c1-15-7-10-19(11-8-15)29-22-12-9-17(13-21(22)26-16(2)27)23(28)25-14-18-5-3-4-6-20(18)24/h3-13H,14H2,1-2H3,(H,25,28)(H,26,27). The van der Waals surface area contributed by atoms with Crippen LogP contribution in [0.1, 0.15) is 28.4 Å². The highest BCUT2D eigenvalue weighted by Gasteiger charge is 2.12. The molecule has 4 nitrogen and oxygen atoms in total. The van der Waals surface area contributed by atoms with E-state index in [2.05, 4.69) is 10.6 Å². The van der Waals surface area contributed by atoms with E-state index in [-0.39, 0.29) is 11.8 Å². The lowest BCUT2D eigenvalue weighted by Crippen LogP contribution is -2.23. The second-order valence-corrected chi connectivity index (χ2v) is 8.10. The quantitative estimate of drug-likeness (QED) is 0.534. The summed E-state index contributed by atoms with van der Waals surface area (Å²) >= 11 is 7.68. The molecule has 0 bridgehead atoms. The Bertz CT molecular complexity index is 1040. The molecule has 2 N–H and O–H groups in total. The van der Waals surface area contributed by atoms with Crippen molar-refractivity contribution in [2.24, 2.45) is 0 Å². The fraction of sp³-hybridized carbons (Fsp3) is 0.130. The maximum atomic E-state index is 12.6. The van der Waals surface area contributed by atoms with Gasteiger partial charge in [-0.05, 0) is 48.9 Å². The van der Waals surface area contributed by atoms with Crippen LogP contribution < -0.4 is 10.6 Å². The van der Waals surface area contributed by atoms with Crippen molar-refractivity contribution in [1.82, 2.24) is 5.32 Å². The summed E-state index contributed by atoms with van der Waals surface area (Å²) in [7, 11) is 0. The van der Waals surface area contributed by atoms with Crippen molar-refractivity contribution in [2.45, 2.75) is 30.2 Å². The van der Waals surface area contributed by atoms with Crippen LogP contribution >= 0.6 is 23.4 Å². The molecule has 0 aliphatic heterocycles. The van der Waals surface area contributed by atoms with E-state index in [1.165, 1.54) is 24.2 Å². The van der Waals surface area contributed by atoms with Gasteiger partial charge in [0.2, 0.25) is 5.91 Å². The Hall–Kier alpha value is -2.76. The fourth-order valence-electron chi connectivity index (χ4n) is 2.70. The van der Waals surface area contributed by atoms with Crippen LogP contribution in [0.25, 0.3) is 0 Å². The van der Waals surface area contributed by atoms with Crippen molar-refractivity contribution in [1.29, 1.82) is 0 Å². The normalized spacial score (nSPS) is 10.4. The van der Waals surface area contributed by atoms with Gasteiger partial charge in [-0.1, -0.05) is 59.3 Å². The van der Waals surface area contributed by atoms with Gasteiger partial charge < -0.3 is 10.6 Å². The molecule has 3 aromatic carbocycles. The van der Waals surface area contributed by atoms with Crippen molar-refractivity contribution in [3.05, 3.63) is 88.4 Å². The first-order valence-electron chi connectivity index (χ1n) is 9.10. The lowest BCUT2D eigenvalue weighted by Gasteiger charge is -2.13. The van der Waals surface area contributed by atoms with E-state index in [4.69, 9.17) is 11.6 Å². The molecule has 0 saturated carbocycles. The zero-order valence-corrected chi connectivity index (χ0v) is 17.7. The van der Waals surface area contributed by atoms with E-state index >= 15 is 0 Å². The van der Waals surface area contributed by atoms with E-state index < -0.39 is 0 Å². The number of carbonyl (C=O) groups excluding carboxylic acids is 2. The van der Waals surface area contributed by atoms with Gasteiger partial charge in [0.15, 0.2) is 0 Å². The van der Waals surface area contributed by atoms with E-state index in [9.17, 15) is 9.59 Å². The predicted molar refractivity (Wildman–Crippen MR) is 119 cm³/mol. The first-order chi connectivity index (χ1) is 13.9. The van der Waals surface area contributed by atoms with Crippen LogP contribution in [-0.4, -0.2) is 11.8 Å². The van der Waals surface area contributed by atoms with Crippen molar-refractivity contribution < 1.29 is 9.59 Å². The summed E-state index contributed by atoms with van der Waals surface area (Å²) in [5.74, 6) is -0.423. The number of aryl methyl sites for hydroxylation is 1. The lowest BCUT2D eigenvalue weighted by molar-refractivity contribution is -0.114. The summed E-state index contributed by atoms with van der Waals surface area (Å²) in [5.41, 5.74) is 3.10. The Morgan fingerprint density at radius 2 is 1.72 bits per heavy atom. The van der Waals surface area contributed by atoms with E-state index in [1.54, 1.807) is 18.2 Å². The largest absolute Gasteiger partial charge is 0.348 e. The molecule has 0 spiro atoms. The number of rotatable bonds is 6. The van der Waals surface area contributed by atoms with Crippen LogP contribution in [0, 0.1) is 6.92 Å². The highest BCUT2D eigenvalue weighted by molar-refractivity contribution is 7.99. The van der Waals surface area contributed by atoms with Crippen LogP contribution in [0.15, 0.2) is 76.5 Å². The number of amides is 2. The molecular weight excluding hydrogens is 404 g/mol. The van der Waals surface area contributed by atoms with Crippen LogP contribution in [-0.2, 0) is 11.3 Å². The number of anilines is 1. The molecule has 0 aliphatic rings. The minimum absolute atomic E-state index is 0.190. The van der Waals surface area contributed by atoms with Crippen LogP contribution in [0.3, 0.4) is 0 Å². The van der Waals surface area contributed by atoms with Gasteiger partial charge in [-0.2, -0.15) is 0 Å². The minimum atomic E-state index is -0.233. The number of nitrogens with one attached hydrogen (secondary N) is 2. The van der Waals surface area contributed by atoms with Crippen molar-refractivity contribution in [3.63, 3.8) is 0 Å². The molecule has 6 heteroatoms. The summed E-state index contributed by atoms with van der Waals surface area (Å²) in [5, 5.41) is 6.30. The van der Waals surface area contributed by atoms with Gasteiger partial charge >= 0.3 is 0 Å². The fourth-order valence-corrected chi connectivity index (χ4v) is 3.78. The molecule has 0 aliphatic carbocycles. The summed E-state index contributed by atoms with van der Waals surface area (Å²) in [6.45, 7) is 3.81. The second-order valence-electron chi connectivity index (χ2n) is 6.58. The molecule has 0 saturated heterocycles. The number of benzene rings is 3. The van der Waals surface area contributed by atoms with Crippen molar-refractivity contribution in [2.75, 3.05) is 5.32 Å². The van der Waals surface area contributed by atoms with E-state index in [1.807, 2.05) is 55.5 Å². The Morgan fingerprint density at radius 3 is 2.41 bits per heavy atom. The maximum Gasteiger partial charge on any atom is 0.251 e. The van der Waals surface area contributed by atoms with Crippen molar-refractivity contribution >= 4 is 40.9 Å². The summed E-state index contributed by atoms with van der Waals surface area (Å²) < 4.78 is 0. The first kappa shape index (κ1) is 21.0. The zero-order chi connectivity index (χ0) is 20.8. The van der Waals surface area contributed by atoms with Crippen LogP contribution in [0.5, 0.6) is 0 Å². The van der Waals surface area contributed by atoms with E-state index in [0.717, 1.165) is 15.4 Å². The average molecular weight is 425 g/mol. The molecule has 0 unspecified atom stereocenters. The molecule has 0 aromatic heterocycles. The number of halogens is 1.